The van der Waals surface area contributed by atoms with E-state index in [1.54, 1.807) is 42.9 Å². The summed E-state index contributed by atoms with van der Waals surface area (Å²) in [6.45, 7) is 1.80. The van der Waals surface area contributed by atoms with Crippen molar-refractivity contribution >= 4 is 5.78 Å². The fraction of sp³-hybridized carbons (Fsp3) is 0.182. The molecule has 4 rings (SSSR count). The third-order valence-electron chi connectivity index (χ3n) is 5.11. The van der Waals surface area contributed by atoms with Gasteiger partial charge in [-0.15, -0.1) is 5.10 Å². The van der Waals surface area contributed by atoms with E-state index in [1.165, 1.54) is 13.1 Å². The number of aryl methyl sites for hydroxylation is 2. The van der Waals surface area contributed by atoms with Gasteiger partial charge >= 0.3 is 5.76 Å². The van der Waals surface area contributed by atoms with Crippen molar-refractivity contribution in [3.05, 3.63) is 81.7 Å². The Morgan fingerprint density at radius 3 is 2.48 bits per heavy atom. The van der Waals surface area contributed by atoms with Gasteiger partial charge in [-0.1, -0.05) is 6.07 Å². The first-order valence-electron chi connectivity index (χ1n) is 9.39. The molecule has 0 saturated carbocycles. The van der Waals surface area contributed by atoms with Crippen LogP contribution in [0.3, 0.4) is 0 Å². The molecule has 9 heteroatoms. The van der Waals surface area contributed by atoms with E-state index in [0.29, 0.717) is 28.2 Å². The SMILES string of the molecule is Cc1ncc(-c2nn(C)c(=O)o2)cc1-c1ccc(C(=O)Cc2c(F)cccc2F)n1C. The number of pyridine rings is 1. The summed E-state index contributed by atoms with van der Waals surface area (Å²) < 4.78 is 35.7. The van der Waals surface area contributed by atoms with Crippen molar-refractivity contribution in [1.82, 2.24) is 19.3 Å². The van der Waals surface area contributed by atoms with Crippen molar-refractivity contribution in [2.75, 3.05) is 0 Å². The highest BCUT2D eigenvalue weighted by molar-refractivity contribution is 5.97. The average molecular weight is 424 g/mol. The Kier molecular flexibility index (Phi) is 5.10. The summed E-state index contributed by atoms with van der Waals surface area (Å²) in [5, 5.41) is 4.03. The Morgan fingerprint density at radius 2 is 1.84 bits per heavy atom. The zero-order chi connectivity index (χ0) is 22.3. The molecule has 0 atom stereocenters. The summed E-state index contributed by atoms with van der Waals surface area (Å²) in [7, 11) is 3.17. The maximum absolute atomic E-state index is 13.9. The molecule has 0 saturated heterocycles. The number of hydrogen-bond acceptors (Lipinski definition) is 5. The van der Waals surface area contributed by atoms with Crippen LogP contribution in [-0.2, 0) is 20.5 Å². The number of halogens is 2. The lowest BCUT2D eigenvalue weighted by atomic mass is 10.1. The Bertz CT molecular complexity index is 1350. The predicted molar refractivity (Wildman–Crippen MR) is 109 cm³/mol. The number of carbonyl (C=O) groups excluding carboxylic acids is 1. The maximum atomic E-state index is 13.9. The van der Waals surface area contributed by atoms with Crippen molar-refractivity contribution in [1.29, 1.82) is 0 Å². The van der Waals surface area contributed by atoms with Gasteiger partial charge in [0.15, 0.2) is 5.78 Å². The molecule has 0 aliphatic rings. The third-order valence-corrected chi connectivity index (χ3v) is 5.11. The second kappa shape index (κ2) is 7.75. The minimum atomic E-state index is -0.757. The number of hydrogen-bond donors (Lipinski definition) is 0. The van der Waals surface area contributed by atoms with Crippen molar-refractivity contribution in [2.24, 2.45) is 14.1 Å². The van der Waals surface area contributed by atoms with Crippen LogP contribution in [0.15, 0.2) is 51.8 Å². The number of carbonyl (C=O) groups is 1. The molecule has 0 radical (unpaired) electrons. The monoisotopic (exact) mass is 424 g/mol. The molecule has 0 amide bonds. The fourth-order valence-electron chi connectivity index (χ4n) is 3.39. The molecule has 7 nitrogen and oxygen atoms in total. The lowest BCUT2D eigenvalue weighted by Crippen LogP contribution is -2.12. The van der Waals surface area contributed by atoms with Crippen molar-refractivity contribution in [3.63, 3.8) is 0 Å². The highest BCUT2D eigenvalue weighted by atomic mass is 19.1. The molecule has 0 aliphatic heterocycles. The summed E-state index contributed by atoms with van der Waals surface area (Å²) in [5.74, 6) is -2.40. The minimum absolute atomic E-state index is 0.127. The molecule has 1 aromatic carbocycles. The van der Waals surface area contributed by atoms with E-state index < -0.39 is 29.6 Å². The first kappa shape index (κ1) is 20.4. The van der Waals surface area contributed by atoms with Crippen LogP contribution in [0, 0.1) is 18.6 Å². The molecule has 0 bridgehead atoms. The van der Waals surface area contributed by atoms with Crippen molar-refractivity contribution < 1.29 is 18.0 Å². The number of Topliss-reactive ketones (excluding diaryl/α,β-unsaturated/α-hetero) is 1. The molecule has 0 aliphatic carbocycles. The molecule has 0 fully saturated rings. The van der Waals surface area contributed by atoms with Gasteiger partial charge in [-0.25, -0.2) is 13.6 Å². The van der Waals surface area contributed by atoms with E-state index in [0.717, 1.165) is 16.8 Å². The zero-order valence-corrected chi connectivity index (χ0v) is 17.0. The number of nitrogens with zero attached hydrogens (tertiary/aromatic N) is 4. The van der Waals surface area contributed by atoms with Gasteiger partial charge in [0.05, 0.1) is 17.0 Å². The van der Waals surface area contributed by atoms with Crippen LogP contribution < -0.4 is 5.76 Å². The molecular weight excluding hydrogens is 406 g/mol. The van der Waals surface area contributed by atoms with Gasteiger partial charge in [-0.2, -0.15) is 4.68 Å². The number of aromatic nitrogens is 4. The lowest BCUT2D eigenvalue weighted by molar-refractivity contribution is 0.0983. The van der Waals surface area contributed by atoms with E-state index in [1.807, 2.05) is 0 Å². The zero-order valence-electron chi connectivity index (χ0n) is 17.0. The Labute approximate surface area is 175 Å². The molecule has 31 heavy (non-hydrogen) atoms. The first-order valence-corrected chi connectivity index (χ1v) is 9.39. The second-order valence-electron chi connectivity index (χ2n) is 7.12. The van der Waals surface area contributed by atoms with E-state index in [2.05, 4.69) is 10.1 Å². The van der Waals surface area contributed by atoms with Gasteiger partial charge in [0.1, 0.15) is 11.6 Å². The van der Waals surface area contributed by atoms with Crippen LogP contribution in [0.4, 0.5) is 8.78 Å². The van der Waals surface area contributed by atoms with E-state index >= 15 is 0 Å². The van der Waals surface area contributed by atoms with Gasteiger partial charge in [-0.3, -0.25) is 9.78 Å². The quantitative estimate of drug-likeness (QED) is 0.458. The van der Waals surface area contributed by atoms with Gasteiger partial charge in [0.25, 0.3) is 5.89 Å². The highest BCUT2D eigenvalue weighted by Gasteiger charge is 2.20. The Morgan fingerprint density at radius 1 is 1.13 bits per heavy atom. The third kappa shape index (κ3) is 3.70. The summed E-state index contributed by atoms with van der Waals surface area (Å²) in [4.78, 5) is 28.7. The van der Waals surface area contributed by atoms with Crippen LogP contribution in [0.1, 0.15) is 21.7 Å². The lowest BCUT2D eigenvalue weighted by Gasteiger charge is -2.11. The Hall–Kier alpha value is -3.88. The molecule has 3 aromatic heterocycles. The number of ketones is 1. The summed E-state index contributed by atoms with van der Waals surface area (Å²) >= 11 is 0. The molecule has 4 aromatic rings. The molecule has 0 N–H and O–H groups in total. The van der Waals surface area contributed by atoms with Gasteiger partial charge < -0.3 is 8.98 Å². The first-order chi connectivity index (χ1) is 14.8. The van der Waals surface area contributed by atoms with Crippen LogP contribution >= 0.6 is 0 Å². The smallest absolute Gasteiger partial charge is 0.388 e. The van der Waals surface area contributed by atoms with Crippen molar-refractivity contribution in [2.45, 2.75) is 13.3 Å². The molecular formula is C22H18F2N4O3. The molecule has 158 valence electrons. The van der Waals surface area contributed by atoms with Crippen LogP contribution in [0.5, 0.6) is 0 Å². The van der Waals surface area contributed by atoms with E-state index in [-0.39, 0.29) is 11.5 Å². The topological polar surface area (TPSA) is 82.9 Å². The summed E-state index contributed by atoms with van der Waals surface area (Å²) in [5.41, 5.74) is 2.59. The fourth-order valence-corrected chi connectivity index (χ4v) is 3.39. The van der Waals surface area contributed by atoms with Crippen LogP contribution in [-0.4, -0.2) is 25.1 Å². The maximum Gasteiger partial charge on any atom is 0.437 e. The predicted octanol–water partition coefficient (Wildman–Crippen LogP) is 3.45. The highest BCUT2D eigenvalue weighted by Crippen LogP contribution is 2.28. The number of rotatable bonds is 5. The van der Waals surface area contributed by atoms with E-state index in [9.17, 15) is 18.4 Å². The second-order valence-corrected chi connectivity index (χ2v) is 7.12. The van der Waals surface area contributed by atoms with Crippen molar-refractivity contribution in [3.8, 4) is 22.7 Å². The van der Waals surface area contributed by atoms with Crippen LogP contribution in [0.25, 0.3) is 22.7 Å². The normalized spacial score (nSPS) is 11.1. The molecule has 3 heterocycles. The van der Waals surface area contributed by atoms with Crippen LogP contribution in [0.2, 0.25) is 0 Å². The van der Waals surface area contributed by atoms with Gasteiger partial charge in [0.2, 0.25) is 0 Å². The molecule has 0 spiro atoms. The summed E-state index contributed by atoms with van der Waals surface area (Å²) in [6.07, 6.45) is 1.15. The Balaban J connectivity index is 1.70. The van der Waals surface area contributed by atoms with E-state index in [4.69, 9.17) is 4.42 Å². The molecule has 0 unspecified atom stereocenters. The summed E-state index contributed by atoms with van der Waals surface area (Å²) in [6, 6.07) is 8.59. The standard InChI is InChI=1S/C22H18F2N4O3/c1-12-14(9-13(11-25-12)21-26-28(3)22(30)31-21)18-7-8-19(27(18)2)20(29)10-15-16(23)5-4-6-17(15)24/h4-9,11H,10H2,1-3H3. The van der Waals surface area contributed by atoms with Gasteiger partial charge in [0, 0.05) is 43.5 Å². The minimum Gasteiger partial charge on any atom is -0.388 e. The average Bonchev–Trinajstić information content (AvgIpc) is 3.27. The largest absolute Gasteiger partial charge is 0.437 e. The number of benzene rings is 1. The van der Waals surface area contributed by atoms with Gasteiger partial charge in [-0.05, 0) is 37.3 Å².